The summed E-state index contributed by atoms with van der Waals surface area (Å²) >= 11 is 0. The number of nitro benzene ring substituents is 8. The predicted molar refractivity (Wildman–Crippen MR) is 388 cm³/mol. The van der Waals surface area contributed by atoms with E-state index < -0.39 is 155 Å². The highest BCUT2D eigenvalue weighted by atomic mass is 16.7. The van der Waals surface area contributed by atoms with Crippen LogP contribution in [0, 0.1) is 80.9 Å². The van der Waals surface area contributed by atoms with Gasteiger partial charge < -0.3 is 37.9 Å². The summed E-state index contributed by atoms with van der Waals surface area (Å²) in [5.41, 5.74) is -5.06. The molecule has 0 saturated heterocycles. The normalized spacial score (nSPS) is 15.7. The van der Waals surface area contributed by atoms with Crippen molar-refractivity contribution in [2.75, 3.05) is 0 Å². The fourth-order valence-electron chi connectivity index (χ4n) is 15.2. The van der Waals surface area contributed by atoms with Crippen LogP contribution in [0.5, 0.6) is 92.0 Å². The molecule has 0 spiro atoms. The summed E-state index contributed by atoms with van der Waals surface area (Å²) in [6, 6.07) is 19.9. The number of fused-ring (bicyclic) bond motifs is 4. The summed E-state index contributed by atoms with van der Waals surface area (Å²) in [6.07, 6.45) is 12.1. The average Bonchev–Trinajstić information content (AvgIpc) is 1.46. The van der Waals surface area contributed by atoms with Gasteiger partial charge >= 0.3 is 45.5 Å². The van der Waals surface area contributed by atoms with Crippen molar-refractivity contribution in [1.82, 2.24) is 0 Å². The minimum absolute atomic E-state index is 0.0723. The van der Waals surface area contributed by atoms with Crippen molar-refractivity contribution in [3.63, 3.8) is 0 Å². The molecule has 0 unspecified atom stereocenters. The molecule has 0 N–H and O–H groups in total. The third kappa shape index (κ3) is 14.4. The van der Waals surface area contributed by atoms with Gasteiger partial charge in [-0.2, -0.15) is 0 Å². The first kappa shape index (κ1) is 73.7. The van der Waals surface area contributed by atoms with Gasteiger partial charge in [-0.3, -0.25) is 80.9 Å². The number of ether oxygens (including phenoxy) is 8. The molecular weight excluding hydrogens is 1410 g/mol. The molecule has 8 aromatic rings. The van der Waals surface area contributed by atoms with Gasteiger partial charge in [0.05, 0.1) is 87.9 Å². The highest BCUT2D eigenvalue weighted by molar-refractivity contribution is 5.74. The topological polar surface area (TPSA) is 419 Å². The van der Waals surface area contributed by atoms with E-state index in [4.69, 9.17) is 37.9 Å². The smallest absolute Gasteiger partial charge is 0.350 e. The fourth-order valence-corrected chi connectivity index (χ4v) is 15.2. The molecule has 1 aliphatic carbocycles. The number of nitrogens with zero attached hydrogens (tertiary/aromatic N) is 8. The van der Waals surface area contributed by atoms with Gasteiger partial charge in [0.2, 0.25) is 0 Å². The van der Waals surface area contributed by atoms with E-state index in [2.05, 4.69) is 0 Å². The second kappa shape index (κ2) is 30.8. The molecule has 108 heavy (non-hydrogen) atoms. The standard InChI is InChI=1S/C76H72N8O24/c1-5-9-13-17-21-41-45-25-47-42(22-18-14-10-6-2)49-27-51-44(24-20-16-12-8-4)52-28-50-43(23-19-15-11-7-3)48-26-46(41)62-38-64(48)104-72-32-56(80(91)92)58(82(95)96)34-74(72)106-66(50)40-68(52)108-76-36-60(84(99)100)59(83(97)98)35-75(76)107-67(51)39-65(49)105-73-33-57(81(93)94)55(79(89)90)31-71(73)103-63(47)37-61(45)101-69-29-53(77(85)86)54(78(87)88)30-70(69)102-62/h25-44H,5-24H2,1-4H3. The molecular formula is C76H72N8O24. The summed E-state index contributed by atoms with van der Waals surface area (Å²) in [6.45, 7) is 8.15. The highest BCUT2D eigenvalue weighted by Crippen LogP contribution is 2.62. The van der Waals surface area contributed by atoms with Gasteiger partial charge in [0, 0.05) is 92.4 Å². The molecule has 0 radical (unpaired) electrons. The Bertz CT molecular complexity index is 4180. The van der Waals surface area contributed by atoms with Gasteiger partial charge in [-0.1, -0.05) is 130 Å². The molecule has 32 heteroatoms. The minimum atomic E-state index is -1.01. The lowest BCUT2D eigenvalue weighted by Gasteiger charge is -2.30. The lowest BCUT2D eigenvalue weighted by Crippen LogP contribution is -2.13. The molecule has 8 aromatic carbocycles. The maximum absolute atomic E-state index is 13.1. The van der Waals surface area contributed by atoms with Crippen LogP contribution in [-0.4, -0.2) is 39.4 Å². The second-order valence-electron chi connectivity index (χ2n) is 27.3. The second-order valence-corrected chi connectivity index (χ2v) is 27.3. The Morgan fingerprint density at radius 3 is 0.463 bits per heavy atom. The van der Waals surface area contributed by atoms with Crippen molar-refractivity contribution >= 4 is 45.5 Å². The maximum atomic E-state index is 13.1. The Kier molecular flexibility index (Phi) is 21.0. The number of hydrogen-bond acceptors (Lipinski definition) is 24. The van der Waals surface area contributed by atoms with Gasteiger partial charge in [-0.25, -0.2) is 0 Å². The first-order valence-corrected chi connectivity index (χ1v) is 36.0. The highest BCUT2D eigenvalue weighted by Gasteiger charge is 2.43. The van der Waals surface area contributed by atoms with Gasteiger partial charge in [-0.05, 0) is 49.9 Å². The van der Waals surface area contributed by atoms with Crippen molar-refractivity contribution < 1.29 is 77.3 Å². The molecule has 4 aliphatic heterocycles. The van der Waals surface area contributed by atoms with E-state index in [1.807, 2.05) is 52.0 Å². The van der Waals surface area contributed by atoms with Gasteiger partial charge in [0.15, 0.2) is 46.0 Å². The molecule has 0 fully saturated rings. The molecule has 0 aromatic heterocycles. The quantitative estimate of drug-likeness (QED) is 0.0250. The van der Waals surface area contributed by atoms with Crippen LogP contribution in [0.15, 0.2) is 97.1 Å². The van der Waals surface area contributed by atoms with Gasteiger partial charge in [0.1, 0.15) is 46.0 Å². The zero-order valence-corrected chi connectivity index (χ0v) is 59.1. The van der Waals surface area contributed by atoms with Crippen molar-refractivity contribution in [3.05, 3.63) is 222 Å². The van der Waals surface area contributed by atoms with Crippen molar-refractivity contribution in [2.45, 2.75) is 180 Å². The number of benzene rings is 8. The van der Waals surface area contributed by atoms with E-state index in [1.165, 1.54) is 24.3 Å². The van der Waals surface area contributed by atoms with Crippen LogP contribution in [-0.2, 0) is 0 Å². The van der Waals surface area contributed by atoms with E-state index in [-0.39, 0.29) is 71.7 Å². The van der Waals surface area contributed by atoms with Gasteiger partial charge in [0.25, 0.3) is 0 Å². The minimum Gasteiger partial charge on any atom is -0.453 e. The first-order chi connectivity index (χ1) is 52.0. The van der Waals surface area contributed by atoms with Gasteiger partial charge in [-0.15, -0.1) is 0 Å². The molecule has 8 bridgehead atoms. The van der Waals surface area contributed by atoms with Crippen LogP contribution >= 0.6 is 0 Å². The average molecular weight is 1480 g/mol. The summed E-state index contributed by atoms with van der Waals surface area (Å²) in [7, 11) is 0. The number of nitro groups is 8. The van der Waals surface area contributed by atoms with Crippen LogP contribution in [0.3, 0.4) is 0 Å². The predicted octanol–water partition coefficient (Wildman–Crippen LogP) is 23.3. The van der Waals surface area contributed by atoms with E-state index in [0.717, 1.165) is 99.9 Å². The fraction of sp³-hybridized carbons (Fsp3) is 0.368. The molecule has 0 atom stereocenters. The van der Waals surface area contributed by atoms with E-state index in [9.17, 15) is 80.9 Å². The van der Waals surface area contributed by atoms with Crippen LogP contribution in [0.2, 0.25) is 0 Å². The SMILES string of the molecule is CCCCCCC1c2cc3c4cc2Oc2cc([N+](=O)[O-])c([N+](=O)[O-])cc2Oc2cc5c(cc21)C(CCCCCC)c1cc2c(cc1Oc1cc([N+](=O)[O-])c([N+](=O)[O-])cc1O5)Oc1cc([N+](=O)[O-])c([N+](=O)[O-])cc1Oc1cc(c(cc1C2CCCCCC)C3CCCCCC)Oc1cc([N+](=O)[O-])c([N+](=O)[O-])cc1O4. The molecule has 5 aliphatic rings. The van der Waals surface area contributed by atoms with E-state index in [0.29, 0.717) is 95.9 Å². The number of unbranched alkanes of at least 4 members (excludes halogenated alkanes) is 12. The van der Waals surface area contributed by atoms with Crippen molar-refractivity contribution in [2.24, 2.45) is 0 Å². The molecule has 4 heterocycles. The Balaban J connectivity index is 1.28. The monoisotopic (exact) mass is 1480 g/mol. The number of rotatable bonds is 28. The van der Waals surface area contributed by atoms with Crippen LogP contribution in [0.25, 0.3) is 0 Å². The summed E-state index contributed by atoms with van der Waals surface area (Å²) in [5, 5.41) is 105. The Morgan fingerprint density at radius 1 is 0.204 bits per heavy atom. The third-order valence-electron chi connectivity index (χ3n) is 20.5. The zero-order chi connectivity index (χ0) is 76.5. The molecule has 32 nitrogen and oxygen atoms in total. The zero-order valence-electron chi connectivity index (χ0n) is 59.1. The Labute approximate surface area is 614 Å². The summed E-state index contributed by atoms with van der Waals surface area (Å²) in [5.74, 6) is -7.73. The summed E-state index contributed by atoms with van der Waals surface area (Å²) in [4.78, 5) is 96.8. The molecule has 13 rings (SSSR count). The third-order valence-corrected chi connectivity index (χ3v) is 20.5. The number of hydrogen-bond donors (Lipinski definition) is 0. The van der Waals surface area contributed by atoms with Crippen molar-refractivity contribution in [1.29, 1.82) is 0 Å². The largest absolute Gasteiger partial charge is 0.453 e. The summed E-state index contributed by atoms with van der Waals surface area (Å²) < 4.78 is 56.0. The van der Waals surface area contributed by atoms with E-state index >= 15 is 0 Å². The molecule has 0 saturated carbocycles. The Hall–Kier alpha value is -12.6. The first-order valence-electron chi connectivity index (χ1n) is 36.0. The van der Waals surface area contributed by atoms with Crippen LogP contribution in [0.1, 0.15) is 224 Å². The molecule has 560 valence electrons. The lowest BCUT2D eigenvalue weighted by molar-refractivity contribution is -0.422. The van der Waals surface area contributed by atoms with Crippen molar-refractivity contribution in [3.8, 4) is 92.0 Å². The maximum Gasteiger partial charge on any atom is 0.350 e. The Morgan fingerprint density at radius 2 is 0.343 bits per heavy atom. The lowest BCUT2D eigenvalue weighted by atomic mass is 9.76. The molecule has 0 amide bonds. The van der Waals surface area contributed by atoms with Crippen LogP contribution < -0.4 is 37.9 Å². The van der Waals surface area contributed by atoms with E-state index in [1.54, 1.807) is 0 Å². The van der Waals surface area contributed by atoms with Crippen LogP contribution in [0.4, 0.5) is 45.5 Å².